The molecular formula is C12H15N3O3. The first-order valence-electron chi connectivity index (χ1n) is 5.26. The molecule has 0 fully saturated rings. The van der Waals surface area contributed by atoms with Crippen molar-refractivity contribution in [3.05, 3.63) is 29.6 Å². The topological polar surface area (TPSA) is 73.5 Å². The minimum Gasteiger partial charge on any atom is -0.362 e. The number of carbonyl (C=O) groups is 3. The molecule has 3 amide bonds. The zero-order valence-electron chi connectivity index (χ0n) is 10.5. The highest BCUT2D eigenvalue weighted by Gasteiger charge is 2.23. The van der Waals surface area contributed by atoms with Crippen LogP contribution in [0, 0.1) is 0 Å². The Hall–Kier alpha value is -2.37. The average Bonchev–Trinajstić information content (AvgIpc) is 2.86. The Morgan fingerprint density at radius 3 is 2.33 bits per heavy atom. The standard InChI is InChI=1S/C12H15N3O3/c1-14(2)11(17)10(12(18)15(3)8-16)7-9-5-4-6-13-9/h4-8,13H,1-3H3/b10-7-. The Balaban J connectivity index is 3.14. The number of aromatic nitrogens is 1. The zero-order valence-corrected chi connectivity index (χ0v) is 10.5. The van der Waals surface area contributed by atoms with E-state index in [1.165, 1.54) is 18.0 Å². The third-order valence-electron chi connectivity index (χ3n) is 2.27. The molecule has 1 rings (SSSR count). The number of H-pyrrole nitrogens is 1. The summed E-state index contributed by atoms with van der Waals surface area (Å²) in [4.78, 5) is 39.4. The first-order valence-corrected chi connectivity index (χ1v) is 5.26. The van der Waals surface area contributed by atoms with Gasteiger partial charge in [-0.3, -0.25) is 19.3 Å². The van der Waals surface area contributed by atoms with Gasteiger partial charge >= 0.3 is 0 Å². The van der Waals surface area contributed by atoms with Crippen LogP contribution < -0.4 is 0 Å². The highest BCUT2D eigenvalue weighted by Crippen LogP contribution is 2.09. The van der Waals surface area contributed by atoms with E-state index in [4.69, 9.17) is 0 Å². The predicted octanol–water partition coefficient (Wildman–Crippen LogP) is 0.101. The van der Waals surface area contributed by atoms with Gasteiger partial charge in [0.25, 0.3) is 11.8 Å². The lowest BCUT2D eigenvalue weighted by atomic mass is 10.1. The molecule has 0 radical (unpaired) electrons. The summed E-state index contributed by atoms with van der Waals surface area (Å²) in [6.45, 7) is 0. The highest BCUT2D eigenvalue weighted by atomic mass is 16.2. The van der Waals surface area contributed by atoms with Gasteiger partial charge in [-0.1, -0.05) is 0 Å². The molecule has 0 spiro atoms. The third-order valence-corrected chi connectivity index (χ3v) is 2.27. The number of hydrogen-bond acceptors (Lipinski definition) is 3. The van der Waals surface area contributed by atoms with E-state index in [9.17, 15) is 14.4 Å². The molecule has 0 bridgehead atoms. The van der Waals surface area contributed by atoms with E-state index in [-0.39, 0.29) is 5.57 Å². The molecule has 6 nitrogen and oxygen atoms in total. The Morgan fingerprint density at radius 1 is 1.22 bits per heavy atom. The second-order valence-electron chi connectivity index (χ2n) is 3.90. The second-order valence-corrected chi connectivity index (χ2v) is 3.90. The summed E-state index contributed by atoms with van der Waals surface area (Å²) < 4.78 is 0. The molecule has 0 aliphatic heterocycles. The molecular weight excluding hydrogens is 234 g/mol. The molecule has 0 atom stereocenters. The monoisotopic (exact) mass is 249 g/mol. The van der Waals surface area contributed by atoms with E-state index in [0.29, 0.717) is 12.1 Å². The van der Waals surface area contributed by atoms with Crippen molar-refractivity contribution in [3.63, 3.8) is 0 Å². The number of likely N-dealkylation sites (N-methyl/N-ethyl adjacent to an activating group) is 2. The van der Waals surface area contributed by atoms with Crippen molar-refractivity contribution in [2.75, 3.05) is 21.1 Å². The number of nitrogens with zero attached hydrogens (tertiary/aromatic N) is 2. The van der Waals surface area contributed by atoms with Crippen LogP contribution >= 0.6 is 0 Å². The van der Waals surface area contributed by atoms with Gasteiger partial charge in [0, 0.05) is 33.0 Å². The third kappa shape index (κ3) is 3.07. The van der Waals surface area contributed by atoms with Gasteiger partial charge in [-0.25, -0.2) is 0 Å². The maximum absolute atomic E-state index is 11.9. The van der Waals surface area contributed by atoms with Crippen LogP contribution in [0.1, 0.15) is 5.69 Å². The summed E-state index contributed by atoms with van der Waals surface area (Å²) in [7, 11) is 4.39. The van der Waals surface area contributed by atoms with Gasteiger partial charge < -0.3 is 9.88 Å². The molecule has 96 valence electrons. The lowest BCUT2D eigenvalue weighted by molar-refractivity contribution is -0.136. The van der Waals surface area contributed by atoms with Gasteiger partial charge in [-0.05, 0) is 18.2 Å². The van der Waals surface area contributed by atoms with Crippen LogP contribution in [0.25, 0.3) is 6.08 Å². The number of nitrogens with one attached hydrogen (secondary N) is 1. The van der Waals surface area contributed by atoms with Crippen molar-refractivity contribution >= 4 is 24.3 Å². The first kappa shape index (κ1) is 13.7. The van der Waals surface area contributed by atoms with Crippen LogP contribution in [0.2, 0.25) is 0 Å². The van der Waals surface area contributed by atoms with Crippen LogP contribution in [-0.2, 0) is 14.4 Å². The molecule has 0 aliphatic rings. The summed E-state index contributed by atoms with van der Waals surface area (Å²) in [5, 5.41) is 0. The number of aromatic amines is 1. The Kier molecular flexibility index (Phi) is 4.42. The Labute approximate surface area is 105 Å². The minimum absolute atomic E-state index is 0.0722. The Bertz CT molecular complexity index is 475. The number of carbonyl (C=O) groups excluding carboxylic acids is 3. The molecule has 6 heteroatoms. The highest BCUT2D eigenvalue weighted by molar-refractivity contribution is 6.22. The van der Waals surface area contributed by atoms with Crippen LogP contribution in [0.5, 0.6) is 0 Å². The van der Waals surface area contributed by atoms with Crippen LogP contribution in [0.4, 0.5) is 0 Å². The van der Waals surface area contributed by atoms with Crippen molar-refractivity contribution in [1.29, 1.82) is 0 Å². The molecule has 0 saturated heterocycles. The van der Waals surface area contributed by atoms with Crippen molar-refractivity contribution in [3.8, 4) is 0 Å². The maximum Gasteiger partial charge on any atom is 0.265 e. The van der Waals surface area contributed by atoms with Gasteiger partial charge in [-0.15, -0.1) is 0 Å². The van der Waals surface area contributed by atoms with Gasteiger partial charge in [0.15, 0.2) is 0 Å². The predicted molar refractivity (Wildman–Crippen MR) is 66.3 cm³/mol. The van der Waals surface area contributed by atoms with E-state index < -0.39 is 11.8 Å². The molecule has 1 N–H and O–H groups in total. The van der Waals surface area contributed by atoms with E-state index in [2.05, 4.69) is 4.98 Å². The lowest BCUT2D eigenvalue weighted by Gasteiger charge is -2.15. The molecule has 18 heavy (non-hydrogen) atoms. The van der Waals surface area contributed by atoms with Crippen molar-refractivity contribution in [2.24, 2.45) is 0 Å². The molecule has 0 saturated carbocycles. The maximum atomic E-state index is 11.9. The fourth-order valence-electron chi connectivity index (χ4n) is 1.28. The summed E-state index contributed by atoms with van der Waals surface area (Å²) in [5.74, 6) is -1.10. The fourth-order valence-corrected chi connectivity index (χ4v) is 1.28. The average molecular weight is 249 g/mol. The van der Waals surface area contributed by atoms with Crippen molar-refractivity contribution < 1.29 is 14.4 Å². The number of imide groups is 1. The van der Waals surface area contributed by atoms with Gasteiger partial charge in [-0.2, -0.15) is 0 Å². The summed E-state index contributed by atoms with van der Waals surface area (Å²) >= 11 is 0. The number of hydrogen-bond donors (Lipinski definition) is 1. The van der Waals surface area contributed by atoms with E-state index in [1.807, 2.05) is 0 Å². The normalized spacial score (nSPS) is 10.9. The molecule has 1 heterocycles. The second kappa shape index (κ2) is 5.81. The SMILES string of the molecule is CN(C)C(=O)/C(=C/c1ccc[nH]1)C(=O)N(C)C=O. The molecule has 0 aliphatic carbocycles. The summed E-state index contributed by atoms with van der Waals surface area (Å²) in [6, 6.07) is 3.47. The van der Waals surface area contributed by atoms with E-state index in [1.54, 1.807) is 32.4 Å². The number of amides is 3. The molecule has 1 aromatic heterocycles. The van der Waals surface area contributed by atoms with E-state index in [0.717, 1.165) is 4.90 Å². The van der Waals surface area contributed by atoms with Crippen LogP contribution in [0.3, 0.4) is 0 Å². The molecule has 1 aromatic rings. The van der Waals surface area contributed by atoms with Gasteiger partial charge in [0.2, 0.25) is 6.41 Å². The minimum atomic E-state index is -0.640. The quantitative estimate of drug-likeness (QED) is 0.356. The van der Waals surface area contributed by atoms with Crippen LogP contribution in [-0.4, -0.2) is 54.2 Å². The lowest BCUT2D eigenvalue weighted by Crippen LogP contribution is -2.34. The summed E-state index contributed by atoms with van der Waals surface area (Å²) in [5.41, 5.74) is 0.546. The summed E-state index contributed by atoms with van der Waals surface area (Å²) in [6.07, 6.45) is 3.47. The van der Waals surface area contributed by atoms with Gasteiger partial charge in [0.1, 0.15) is 5.57 Å². The van der Waals surface area contributed by atoms with Gasteiger partial charge in [0.05, 0.1) is 0 Å². The van der Waals surface area contributed by atoms with E-state index >= 15 is 0 Å². The zero-order chi connectivity index (χ0) is 13.7. The van der Waals surface area contributed by atoms with Crippen LogP contribution in [0.15, 0.2) is 23.9 Å². The van der Waals surface area contributed by atoms with Crippen molar-refractivity contribution in [1.82, 2.24) is 14.8 Å². The number of rotatable bonds is 4. The molecule has 0 unspecified atom stereocenters. The Morgan fingerprint density at radius 2 is 1.89 bits per heavy atom. The fraction of sp³-hybridized carbons (Fsp3) is 0.250. The largest absolute Gasteiger partial charge is 0.362 e. The van der Waals surface area contributed by atoms with Crippen molar-refractivity contribution in [2.45, 2.75) is 0 Å². The molecule has 0 aromatic carbocycles. The first-order chi connectivity index (χ1) is 8.47. The smallest absolute Gasteiger partial charge is 0.265 e.